The molecule has 0 fully saturated rings. The van der Waals surface area contributed by atoms with Crippen molar-refractivity contribution < 1.29 is 0 Å². The fraction of sp³-hybridized carbons (Fsp3) is 0.357. The molecule has 0 spiro atoms. The van der Waals surface area contributed by atoms with E-state index in [0.29, 0.717) is 0 Å². The van der Waals surface area contributed by atoms with E-state index in [0.717, 1.165) is 25.8 Å². The maximum Gasteiger partial charge on any atom is 0.110 e. The van der Waals surface area contributed by atoms with Crippen molar-refractivity contribution in [1.82, 2.24) is 10.3 Å². The van der Waals surface area contributed by atoms with Crippen molar-refractivity contribution in [1.29, 1.82) is 0 Å². The highest BCUT2D eigenvalue weighted by Gasteiger charge is 2.15. The third-order valence-electron chi connectivity index (χ3n) is 2.94. The Hall–Kier alpha value is -0.420. The maximum atomic E-state index is 6.27. The van der Waals surface area contributed by atoms with Gasteiger partial charge in [0, 0.05) is 26.6 Å². The molecule has 2 aromatic rings. The van der Waals surface area contributed by atoms with Crippen LogP contribution in [-0.2, 0) is 0 Å². The molecular formula is C14H16BrClN2S. The van der Waals surface area contributed by atoms with Gasteiger partial charge in [0.15, 0.2) is 0 Å². The summed E-state index contributed by atoms with van der Waals surface area (Å²) in [4.78, 5) is 4.51. The number of hydrogen-bond acceptors (Lipinski definition) is 3. The zero-order valence-corrected chi connectivity index (χ0v) is 14.2. The van der Waals surface area contributed by atoms with Crippen LogP contribution in [0.4, 0.5) is 0 Å². The van der Waals surface area contributed by atoms with Crippen molar-refractivity contribution in [2.75, 3.05) is 0 Å². The molecule has 0 amide bonds. The molecule has 0 aliphatic carbocycles. The van der Waals surface area contributed by atoms with Crippen LogP contribution in [0, 0.1) is 6.92 Å². The van der Waals surface area contributed by atoms with Gasteiger partial charge in [-0.2, -0.15) is 0 Å². The Morgan fingerprint density at radius 2 is 2.05 bits per heavy atom. The summed E-state index contributed by atoms with van der Waals surface area (Å²) in [6, 6.07) is 6.38. The van der Waals surface area contributed by atoms with Crippen molar-refractivity contribution >= 4 is 38.9 Å². The number of nitrogens with one attached hydrogen (secondary N) is 1. The second-order valence-electron chi connectivity index (χ2n) is 4.60. The predicted octanol–water partition coefficient (Wildman–Crippen LogP) is 5.28. The Bertz CT molecular complexity index is 570. The van der Waals surface area contributed by atoms with E-state index in [2.05, 4.69) is 45.5 Å². The van der Waals surface area contributed by atoms with Gasteiger partial charge >= 0.3 is 0 Å². The minimum atomic E-state index is 0.180. The Labute approximate surface area is 131 Å². The van der Waals surface area contributed by atoms with Gasteiger partial charge in [-0.3, -0.25) is 0 Å². The zero-order chi connectivity index (χ0) is 14.0. The van der Waals surface area contributed by atoms with Crippen LogP contribution in [-0.4, -0.2) is 4.98 Å². The molecule has 0 saturated heterocycles. The van der Waals surface area contributed by atoms with Gasteiger partial charge in [-0.05, 0) is 38.5 Å². The molecule has 0 aliphatic rings. The summed E-state index contributed by atoms with van der Waals surface area (Å²) in [6.07, 6.45) is 0. The monoisotopic (exact) mass is 358 g/mol. The highest BCUT2D eigenvalue weighted by Crippen LogP contribution is 2.28. The Balaban J connectivity index is 2.10. The molecule has 1 aromatic carbocycles. The van der Waals surface area contributed by atoms with Gasteiger partial charge in [-0.1, -0.05) is 33.6 Å². The molecule has 0 bridgehead atoms. The molecular weight excluding hydrogens is 344 g/mol. The largest absolute Gasteiger partial charge is 0.301 e. The lowest BCUT2D eigenvalue weighted by atomic mass is 10.1. The van der Waals surface area contributed by atoms with Crippen LogP contribution in [0.25, 0.3) is 0 Å². The standard InChI is InChI=1S/C14H16BrClN2S/c1-8-7-19-14(17-8)10(3)18-9(2)12-5-4-11(15)6-13(12)16/h4-7,9-10,18H,1-3H3. The molecule has 2 atom stereocenters. The van der Waals surface area contributed by atoms with E-state index >= 15 is 0 Å². The minimum Gasteiger partial charge on any atom is -0.301 e. The number of aryl methyl sites for hydroxylation is 1. The number of thiazole rings is 1. The van der Waals surface area contributed by atoms with Crippen LogP contribution in [0.15, 0.2) is 28.1 Å². The van der Waals surface area contributed by atoms with Crippen molar-refractivity contribution in [3.05, 3.63) is 49.3 Å². The fourth-order valence-corrected chi connectivity index (χ4v) is 3.61. The van der Waals surface area contributed by atoms with Gasteiger partial charge in [-0.25, -0.2) is 4.98 Å². The van der Waals surface area contributed by atoms with E-state index in [4.69, 9.17) is 11.6 Å². The molecule has 1 N–H and O–H groups in total. The van der Waals surface area contributed by atoms with E-state index in [9.17, 15) is 0 Å². The summed E-state index contributed by atoms with van der Waals surface area (Å²) in [5, 5.41) is 7.49. The molecule has 0 radical (unpaired) electrons. The summed E-state index contributed by atoms with van der Waals surface area (Å²) < 4.78 is 0.997. The second-order valence-corrected chi connectivity index (χ2v) is 6.82. The molecule has 5 heteroatoms. The number of nitrogens with zero attached hydrogens (tertiary/aromatic N) is 1. The van der Waals surface area contributed by atoms with Gasteiger partial charge in [0.1, 0.15) is 5.01 Å². The average Bonchev–Trinajstić information content (AvgIpc) is 2.75. The first-order valence-electron chi connectivity index (χ1n) is 6.10. The lowest BCUT2D eigenvalue weighted by Crippen LogP contribution is -2.22. The van der Waals surface area contributed by atoms with Gasteiger partial charge in [0.05, 0.1) is 6.04 Å². The molecule has 2 rings (SSSR count). The lowest BCUT2D eigenvalue weighted by molar-refractivity contribution is 0.493. The van der Waals surface area contributed by atoms with E-state index in [-0.39, 0.29) is 12.1 Å². The molecule has 0 saturated carbocycles. The second kappa shape index (κ2) is 6.35. The van der Waals surface area contributed by atoms with Crippen LogP contribution < -0.4 is 5.32 Å². The fourth-order valence-electron chi connectivity index (χ4n) is 1.96. The van der Waals surface area contributed by atoms with Crippen molar-refractivity contribution in [3.8, 4) is 0 Å². The normalized spacial score (nSPS) is 14.4. The maximum absolute atomic E-state index is 6.27. The summed E-state index contributed by atoms with van der Waals surface area (Å²) in [5.74, 6) is 0. The van der Waals surface area contributed by atoms with E-state index in [1.165, 1.54) is 0 Å². The Morgan fingerprint density at radius 1 is 1.32 bits per heavy atom. The smallest absolute Gasteiger partial charge is 0.110 e. The SMILES string of the molecule is Cc1csc(C(C)NC(C)c2ccc(Br)cc2Cl)n1. The predicted molar refractivity (Wildman–Crippen MR) is 86.0 cm³/mol. The molecule has 19 heavy (non-hydrogen) atoms. The van der Waals surface area contributed by atoms with Crippen LogP contribution in [0.1, 0.15) is 42.2 Å². The third-order valence-corrected chi connectivity index (χ3v) is 4.90. The number of halogens is 2. The topological polar surface area (TPSA) is 24.9 Å². The first-order valence-corrected chi connectivity index (χ1v) is 8.15. The molecule has 1 aromatic heterocycles. The quantitative estimate of drug-likeness (QED) is 0.803. The third kappa shape index (κ3) is 3.78. The molecule has 0 aliphatic heterocycles. The van der Waals surface area contributed by atoms with Crippen LogP contribution in [0.5, 0.6) is 0 Å². The highest BCUT2D eigenvalue weighted by atomic mass is 79.9. The summed E-state index contributed by atoms with van der Waals surface area (Å²) in [5.41, 5.74) is 2.17. The van der Waals surface area contributed by atoms with Gasteiger partial charge < -0.3 is 5.32 Å². The molecule has 102 valence electrons. The number of hydrogen-bond donors (Lipinski definition) is 1. The lowest BCUT2D eigenvalue weighted by Gasteiger charge is -2.20. The Kier molecular flexibility index (Phi) is 5.01. The van der Waals surface area contributed by atoms with E-state index in [1.807, 2.05) is 25.1 Å². The Morgan fingerprint density at radius 3 is 2.63 bits per heavy atom. The number of aromatic nitrogens is 1. The van der Waals surface area contributed by atoms with Gasteiger partial charge in [0.25, 0.3) is 0 Å². The van der Waals surface area contributed by atoms with Crippen LogP contribution >= 0.6 is 38.9 Å². The zero-order valence-electron chi connectivity index (χ0n) is 11.1. The summed E-state index contributed by atoms with van der Waals surface area (Å²) >= 11 is 11.4. The molecule has 2 unspecified atom stereocenters. The van der Waals surface area contributed by atoms with E-state index < -0.39 is 0 Å². The summed E-state index contributed by atoms with van der Waals surface area (Å²) in [6.45, 7) is 6.26. The van der Waals surface area contributed by atoms with Crippen LogP contribution in [0.2, 0.25) is 5.02 Å². The van der Waals surface area contributed by atoms with Gasteiger partial charge in [0.2, 0.25) is 0 Å². The summed E-state index contributed by atoms with van der Waals surface area (Å²) in [7, 11) is 0. The highest BCUT2D eigenvalue weighted by molar-refractivity contribution is 9.10. The molecule has 2 nitrogen and oxygen atoms in total. The van der Waals surface area contributed by atoms with Crippen molar-refractivity contribution in [3.63, 3.8) is 0 Å². The average molecular weight is 360 g/mol. The first kappa shape index (κ1) is 15.0. The van der Waals surface area contributed by atoms with Crippen molar-refractivity contribution in [2.45, 2.75) is 32.9 Å². The van der Waals surface area contributed by atoms with Crippen LogP contribution in [0.3, 0.4) is 0 Å². The van der Waals surface area contributed by atoms with Gasteiger partial charge in [-0.15, -0.1) is 11.3 Å². The van der Waals surface area contributed by atoms with Crippen molar-refractivity contribution in [2.24, 2.45) is 0 Å². The molecule has 1 heterocycles. The number of benzene rings is 1. The first-order chi connectivity index (χ1) is 8.97. The number of rotatable bonds is 4. The minimum absolute atomic E-state index is 0.180. The van der Waals surface area contributed by atoms with E-state index in [1.54, 1.807) is 11.3 Å².